The number of hydrogen-bond acceptors (Lipinski definition) is 4. The molecular formula is C21H18N2O3S. The largest absolute Gasteiger partial charge is 0.387 e. The molecule has 0 bridgehead atoms. The van der Waals surface area contributed by atoms with Crippen molar-refractivity contribution in [1.82, 2.24) is 9.71 Å². The summed E-state index contributed by atoms with van der Waals surface area (Å²) in [5.41, 5.74) is 1.10. The summed E-state index contributed by atoms with van der Waals surface area (Å²) in [5.74, 6) is 0. The van der Waals surface area contributed by atoms with Crippen LogP contribution in [0.1, 0.15) is 11.7 Å². The summed E-state index contributed by atoms with van der Waals surface area (Å²) in [6.07, 6.45) is 0.598. The van der Waals surface area contributed by atoms with E-state index in [1.54, 1.807) is 24.4 Å². The predicted octanol–water partition coefficient (Wildman–Crippen LogP) is 3.40. The lowest BCUT2D eigenvalue weighted by atomic mass is 10.0. The molecule has 4 rings (SSSR count). The van der Waals surface area contributed by atoms with E-state index in [4.69, 9.17) is 0 Å². The van der Waals surface area contributed by atoms with Crippen molar-refractivity contribution in [3.8, 4) is 0 Å². The smallest absolute Gasteiger partial charge is 0.242 e. The second-order valence-electron chi connectivity index (χ2n) is 6.27. The third-order valence-electron chi connectivity index (χ3n) is 4.53. The standard InChI is InChI=1S/C21H18N2O3S/c24-19(18-11-3-7-15-6-1-2-10-17(15)18)14-23-27(25,26)20-12-4-8-16-9-5-13-22-21(16)20/h1-13,19,23-24H,14H2. The molecule has 0 saturated carbocycles. The molecule has 0 aliphatic carbocycles. The van der Waals surface area contributed by atoms with Crippen molar-refractivity contribution in [2.45, 2.75) is 11.0 Å². The quantitative estimate of drug-likeness (QED) is 0.558. The molecule has 0 spiro atoms. The van der Waals surface area contributed by atoms with Crippen LogP contribution in [-0.2, 0) is 10.0 Å². The summed E-state index contributed by atoms with van der Waals surface area (Å²) in [5, 5.41) is 13.2. The molecule has 2 N–H and O–H groups in total. The molecule has 1 unspecified atom stereocenters. The molecule has 1 aromatic heterocycles. The van der Waals surface area contributed by atoms with Gasteiger partial charge in [0.15, 0.2) is 0 Å². The normalized spacial score (nSPS) is 13.1. The van der Waals surface area contributed by atoms with E-state index in [1.165, 1.54) is 6.07 Å². The minimum Gasteiger partial charge on any atom is -0.387 e. The first kappa shape index (κ1) is 17.6. The second-order valence-corrected chi connectivity index (χ2v) is 8.00. The van der Waals surface area contributed by atoms with Crippen LogP contribution in [0.2, 0.25) is 0 Å². The van der Waals surface area contributed by atoms with Gasteiger partial charge in [-0.2, -0.15) is 0 Å². The molecule has 0 saturated heterocycles. The highest BCUT2D eigenvalue weighted by Gasteiger charge is 2.20. The van der Waals surface area contributed by atoms with Gasteiger partial charge in [0.2, 0.25) is 10.0 Å². The number of aromatic nitrogens is 1. The zero-order chi connectivity index (χ0) is 18.9. The highest BCUT2D eigenvalue weighted by Crippen LogP contribution is 2.25. The summed E-state index contributed by atoms with van der Waals surface area (Å²) >= 11 is 0. The molecule has 1 heterocycles. The van der Waals surface area contributed by atoms with Crippen molar-refractivity contribution in [2.75, 3.05) is 6.54 Å². The SMILES string of the molecule is O=S(=O)(NCC(O)c1cccc2ccccc12)c1cccc2cccnc12. The predicted molar refractivity (Wildman–Crippen MR) is 106 cm³/mol. The van der Waals surface area contributed by atoms with E-state index in [0.717, 1.165) is 16.2 Å². The lowest BCUT2D eigenvalue weighted by Crippen LogP contribution is -2.29. The molecule has 1 atom stereocenters. The zero-order valence-electron chi connectivity index (χ0n) is 14.4. The molecule has 136 valence electrons. The summed E-state index contributed by atoms with van der Waals surface area (Å²) < 4.78 is 28.1. The number of benzene rings is 3. The number of hydrogen-bond donors (Lipinski definition) is 2. The summed E-state index contributed by atoms with van der Waals surface area (Å²) in [6, 6.07) is 21.9. The lowest BCUT2D eigenvalue weighted by molar-refractivity contribution is 0.183. The maximum Gasteiger partial charge on any atom is 0.242 e. The highest BCUT2D eigenvalue weighted by molar-refractivity contribution is 7.89. The van der Waals surface area contributed by atoms with Gasteiger partial charge in [0.05, 0.1) is 11.6 Å². The van der Waals surface area contributed by atoms with Gasteiger partial charge in [0, 0.05) is 18.1 Å². The molecule has 0 radical (unpaired) electrons. The fourth-order valence-electron chi connectivity index (χ4n) is 3.21. The van der Waals surface area contributed by atoms with Crippen LogP contribution in [-0.4, -0.2) is 25.1 Å². The van der Waals surface area contributed by atoms with E-state index in [1.807, 2.05) is 48.5 Å². The second kappa shape index (κ2) is 7.08. The third kappa shape index (κ3) is 3.42. The van der Waals surface area contributed by atoms with Crippen LogP contribution in [0.3, 0.4) is 0 Å². The third-order valence-corrected chi connectivity index (χ3v) is 5.99. The van der Waals surface area contributed by atoms with Gasteiger partial charge in [-0.25, -0.2) is 13.1 Å². The summed E-state index contributed by atoms with van der Waals surface area (Å²) in [7, 11) is -3.82. The molecule has 5 nitrogen and oxygen atoms in total. The van der Waals surface area contributed by atoms with Gasteiger partial charge in [0.25, 0.3) is 0 Å². The number of nitrogens with zero attached hydrogens (tertiary/aromatic N) is 1. The average molecular weight is 378 g/mol. The first-order valence-electron chi connectivity index (χ1n) is 8.55. The van der Waals surface area contributed by atoms with Crippen LogP contribution in [0.25, 0.3) is 21.7 Å². The molecule has 6 heteroatoms. The first-order chi connectivity index (χ1) is 13.1. The molecule has 0 aliphatic rings. The molecule has 27 heavy (non-hydrogen) atoms. The van der Waals surface area contributed by atoms with Crippen molar-refractivity contribution in [1.29, 1.82) is 0 Å². The lowest BCUT2D eigenvalue weighted by Gasteiger charge is -2.15. The number of pyridine rings is 1. The maximum atomic E-state index is 12.8. The average Bonchev–Trinajstić information content (AvgIpc) is 2.71. The number of aliphatic hydroxyl groups excluding tert-OH is 1. The van der Waals surface area contributed by atoms with Crippen LogP contribution < -0.4 is 4.72 Å². The van der Waals surface area contributed by atoms with Gasteiger partial charge in [0.1, 0.15) is 4.90 Å². The van der Waals surface area contributed by atoms with E-state index in [-0.39, 0.29) is 11.4 Å². The van der Waals surface area contributed by atoms with Crippen LogP contribution in [0, 0.1) is 0 Å². The highest BCUT2D eigenvalue weighted by atomic mass is 32.2. The maximum absolute atomic E-state index is 12.8. The minimum absolute atomic E-state index is 0.103. The van der Waals surface area contributed by atoms with Gasteiger partial charge in [-0.3, -0.25) is 4.98 Å². The Bertz CT molecular complexity index is 1210. The molecule has 0 aliphatic heterocycles. The fraction of sp³-hybridized carbons (Fsp3) is 0.0952. The fourth-order valence-corrected chi connectivity index (χ4v) is 4.43. The van der Waals surface area contributed by atoms with E-state index in [2.05, 4.69) is 9.71 Å². The molecule has 4 aromatic rings. The van der Waals surface area contributed by atoms with Gasteiger partial charge < -0.3 is 5.11 Å². The number of aliphatic hydroxyl groups is 1. The first-order valence-corrected chi connectivity index (χ1v) is 10.0. The Kier molecular flexibility index (Phi) is 4.61. The topological polar surface area (TPSA) is 79.3 Å². The van der Waals surface area contributed by atoms with E-state index < -0.39 is 16.1 Å². The molecule has 3 aromatic carbocycles. The van der Waals surface area contributed by atoms with Gasteiger partial charge >= 0.3 is 0 Å². The number of fused-ring (bicyclic) bond motifs is 2. The number of rotatable bonds is 5. The van der Waals surface area contributed by atoms with Crippen molar-refractivity contribution in [3.63, 3.8) is 0 Å². The van der Waals surface area contributed by atoms with Crippen LogP contribution >= 0.6 is 0 Å². The van der Waals surface area contributed by atoms with E-state index >= 15 is 0 Å². The number of nitrogens with one attached hydrogen (secondary N) is 1. The summed E-state index contributed by atoms with van der Waals surface area (Å²) in [4.78, 5) is 4.29. The Hall–Kier alpha value is -2.80. The Morgan fingerprint density at radius 3 is 2.48 bits per heavy atom. The van der Waals surface area contributed by atoms with Crippen molar-refractivity contribution >= 4 is 31.7 Å². The Labute approximate surface area is 157 Å². The van der Waals surface area contributed by atoms with Gasteiger partial charge in [-0.1, -0.05) is 60.7 Å². The van der Waals surface area contributed by atoms with Crippen LogP contribution in [0.5, 0.6) is 0 Å². The molecular weight excluding hydrogens is 360 g/mol. The monoisotopic (exact) mass is 378 g/mol. The number of para-hydroxylation sites is 1. The Morgan fingerprint density at radius 2 is 1.59 bits per heavy atom. The minimum atomic E-state index is -3.82. The van der Waals surface area contributed by atoms with Crippen molar-refractivity contribution in [2.24, 2.45) is 0 Å². The number of sulfonamides is 1. The molecule has 0 amide bonds. The van der Waals surface area contributed by atoms with E-state index in [0.29, 0.717) is 11.1 Å². The van der Waals surface area contributed by atoms with E-state index in [9.17, 15) is 13.5 Å². The Balaban J connectivity index is 1.62. The zero-order valence-corrected chi connectivity index (χ0v) is 15.2. The van der Waals surface area contributed by atoms with Gasteiger partial charge in [-0.15, -0.1) is 0 Å². The summed E-state index contributed by atoms with van der Waals surface area (Å²) in [6.45, 7) is -0.125. The Morgan fingerprint density at radius 1 is 0.889 bits per heavy atom. The molecule has 0 fully saturated rings. The van der Waals surface area contributed by atoms with Crippen molar-refractivity contribution < 1.29 is 13.5 Å². The van der Waals surface area contributed by atoms with Crippen LogP contribution in [0.4, 0.5) is 0 Å². The van der Waals surface area contributed by atoms with Crippen molar-refractivity contribution in [3.05, 3.63) is 84.6 Å². The van der Waals surface area contributed by atoms with Crippen LogP contribution in [0.15, 0.2) is 83.9 Å². The van der Waals surface area contributed by atoms with Gasteiger partial charge in [-0.05, 0) is 28.5 Å².